The maximum absolute atomic E-state index is 10.3. The van der Waals surface area contributed by atoms with Gasteiger partial charge in [0.2, 0.25) is 0 Å². The molecule has 1 aromatic carbocycles. The zero-order valence-corrected chi connectivity index (χ0v) is 12.4. The van der Waals surface area contributed by atoms with Crippen LogP contribution in [-0.2, 0) is 11.2 Å². The van der Waals surface area contributed by atoms with Gasteiger partial charge < -0.3 is 9.84 Å². The van der Waals surface area contributed by atoms with Gasteiger partial charge in [-0.25, -0.2) is 4.79 Å². The van der Waals surface area contributed by atoms with Crippen LogP contribution in [0, 0.1) is 0 Å². The summed E-state index contributed by atoms with van der Waals surface area (Å²) < 4.78 is 4.66. The SMILES string of the molecule is CC(CCCCCCCCc1ccccc1)OC(=O)O. The molecule has 1 atom stereocenters. The zero-order chi connectivity index (χ0) is 14.6. The Morgan fingerprint density at radius 2 is 1.65 bits per heavy atom. The van der Waals surface area contributed by atoms with Crippen molar-refractivity contribution in [2.75, 3.05) is 0 Å². The molecule has 0 aliphatic heterocycles. The maximum Gasteiger partial charge on any atom is 0.506 e. The minimum atomic E-state index is -1.17. The fourth-order valence-electron chi connectivity index (χ4n) is 2.34. The second kappa shape index (κ2) is 10.3. The fraction of sp³-hybridized carbons (Fsp3) is 0.588. The molecular formula is C17H26O3. The summed E-state index contributed by atoms with van der Waals surface area (Å²) in [6.45, 7) is 1.81. The topological polar surface area (TPSA) is 46.5 Å². The van der Waals surface area contributed by atoms with Crippen molar-refractivity contribution < 1.29 is 14.6 Å². The van der Waals surface area contributed by atoms with Crippen molar-refractivity contribution >= 4 is 6.16 Å². The van der Waals surface area contributed by atoms with Crippen LogP contribution in [0.4, 0.5) is 4.79 Å². The quantitative estimate of drug-likeness (QED) is 0.481. The van der Waals surface area contributed by atoms with Gasteiger partial charge in [-0.1, -0.05) is 56.0 Å². The van der Waals surface area contributed by atoms with E-state index < -0.39 is 6.16 Å². The zero-order valence-electron chi connectivity index (χ0n) is 12.4. The van der Waals surface area contributed by atoms with Crippen molar-refractivity contribution in [3.63, 3.8) is 0 Å². The summed E-state index contributed by atoms with van der Waals surface area (Å²) in [5, 5.41) is 8.46. The molecule has 1 rings (SSSR count). The Bertz CT molecular complexity index is 362. The van der Waals surface area contributed by atoms with Gasteiger partial charge in [-0.2, -0.15) is 0 Å². The summed E-state index contributed by atoms with van der Waals surface area (Å²) in [6.07, 6.45) is 7.89. The number of hydrogen-bond donors (Lipinski definition) is 1. The molecule has 0 bridgehead atoms. The van der Waals surface area contributed by atoms with E-state index in [0.29, 0.717) is 0 Å². The minimum Gasteiger partial charge on any atom is -0.450 e. The molecule has 3 nitrogen and oxygen atoms in total. The van der Waals surface area contributed by atoms with Gasteiger partial charge in [0.25, 0.3) is 0 Å². The third kappa shape index (κ3) is 8.57. The normalized spacial score (nSPS) is 12.1. The smallest absolute Gasteiger partial charge is 0.450 e. The second-order valence-electron chi connectivity index (χ2n) is 5.34. The van der Waals surface area contributed by atoms with E-state index in [4.69, 9.17) is 5.11 Å². The van der Waals surface area contributed by atoms with E-state index in [9.17, 15) is 4.79 Å². The number of ether oxygens (including phenoxy) is 1. The van der Waals surface area contributed by atoms with Crippen molar-refractivity contribution in [1.29, 1.82) is 0 Å². The highest BCUT2D eigenvalue weighted by atomic mass is 16.7. The first-order valence-electron chi connectivity index (χ1n) is 7.62. The first kappa shape index (κ1) is 16.5. The highest BCUT2D eigenvalue weighted by Gasteiger charge is 2.06. The Morgan fingerprint density at radius 3 is 2.30 bits per heavy atom. The van der Waals surface area contributed by atoms with Gasteiger partial charge in [0.05, 0.1) is 0 Å². The summed E-state index contributed by atoms with van der Waals surface area (Å²) in [4.78, 5) is 10.3. The molecule has 0 saturated carbocycles. The second-order valence-corrected chi connectivity index (χ2v) is 5.34. The lowest BCUT2D eigenvalue weighted by Crippen LogP contribution is -2.12. The predicted molar refractivity (Wildman–Crippen MR) is 81.0 cm³/mol. The third-order valence-electron chi connectivity index (χ3n) is 3.47. The van der Waals surface area contributed by atoms with E-state index in [1.807, 2.05) is 6.92 Å². The van der Waals surface area contributed by atoms with E-state index in [2.05, 4.69) is 35.1 Å². The van der Waals surface area contributed by atoms with Crippen molar-refractivity contribution in [2.45, 2.75) is 64.4 Å². The van der Waals surface area contributed by atoms with Crippen LogP contribution in [0.15, 0.2) is 30.3 Å². The van der Waals surface area contributed by atoms with Crippen LogP contribution in [0.3, 0.4) is 0 Å². The van der Waals surface area contributed by atoms with Gasteiger partial charge in [0, 0.05) is 0 Å². The Hall–Kier alpha value is -1.51. The molecule has 112 valence electrons. The largest absolute Gasteiger partial charge is 0.506 e. The first-order valence-corrected chi connectivity index (χ1v) is 7.62. The van der Waals surface area contributed by atoms with Crippen molar-refractivity contribution in [1.82, 2.24) is 0 Å². The molecule has 0 aliphatic carbocycles. The molecule has 3 heteroatoms. The number of hydrogen-bond acceptors (Lipinski definition) is 2. The van der Waals surface area contributed by atoms with Crippen LogP contribution in [0.1, 0.15) is 57.4 Å². The average Bonchev–Trinajstić information content (AvgIpc) is 2.42. The maximum atomic E-state index is 10.3. The molecule has 1 N–H and O–H groups in total. The standard InChI is InChI=1S/C17H26O3/c1-15(20-17(18)19)11-7-4-2-3-5-8-12-16-13-9-6-10-14-16/h6,9-10,13-15H,2-5,7-8,11-12H2,1H3,(H,18,19). The molecule has 0 spiro atoms. The van der Waals surface area contributed by atoms with Crippen molar-refractivity contribution in [2.24, 2.45) is 0 Å². The lowest BCUT2D eigenvalue weighted by molar-refractivity contribution is 0.0548. The Balaban J connectivity index is 1.89. The van der Waals surface area contributed by atoms with Gasteiger partial charge in [0.1, 0.15) is 6.10 Å². The molecule has 0 amide bonds. The number of aryl methyl sites for hydroxylation is 1. The molecule has 20 heavy (non-hydrogen) atoms. The monoisotopic (exact) mass is 278 g/mol. The summed E-state index contributed by atoms with van der Waals surface area (Å²) in [7, 11) is 0. The van der Waals surface area contributed by atoms with Crippen molar-refractivity contribution in [3.8, 4) is 0 Å². The Morgan fingerprint density at radius 1 is 1.05 bits per heavy atom. The van der Waals surface area contributed by atoms with E-state index in [0.717, 1.165) is 12.8 Å². The Labute approximate surface area is 122 Å². The molecule has 0 fully saturated rings. The Kier molecular flexibility index (Phi) is 8.52. The van der Waals surface area contributed by atoms with Gasteiger partial charge in [-0.15, -0.1) is 0 Å². The highest BCUT2D eigenvalue weighted by molar-refractivity contribution is 5.56. The van der Waals surface area contributed by atoms with Gasteiger partial charge in [-0.3, -0.25) is 0 Å². The third-order valence-corrected chi connectivity index (χ3v) is 3.47. The average molecular weight is 278 g/mol. The summed E-state index contributed by atoms with van der Waals surface area (Å²) >= 11 is 0. The van der Waals surface area contributed by atoms with Gasteiger partial charge in [0.15, 0.2) is 0 Å². The van der Waals surface area contributed by atoms with Gasteiger partial charge >= 0.3 is 6.16 Å². The van der Waals surface area contributed by atoms with Crippen LogP contribution < -0.4 is 0 Å². The molecule has 1 unspecified atom stereocenters. The van der Waals surface area contributed by atoms with Crippen LogP contribution in [-0.4, -0.2) is 17.4 Å². The number of carboxylic acid groups (broad SMARTS) is 1. The van der Waals surface area contributed by atoms with E-state index in [-0.39, 0.29) is 6.10 Å². The van der Waals surface area contributed by atoms with Crippen LogP contribution in [0.2, 0.25) is 0 Å². The fourth-order valence-corrected chi connectivity index (χ4v) is 2.34. The minimum absolute atomic E-state index is 0.175. The molecule has 0 radical (unpaired) electrons. The number of benzene rings is 1. The molecule has 1 aromatic rings. The highest BCUT2D eigenvalue weighted by Crippen LogP contribution is 2.12. The summed E-state index contributed by atoms with van der Waals surface area (Å²) in [6, 6.07) is 10.6. The summed E-state index contributed by atoms with van der Waals surface area (Å²) in [5.41, 5.74) is 1.42. The van der Waals surface area contributed by atoms with Gasteiger partial charge in [-0.05, 0) is 38.2 Å². The van der Waals surface area contributed by atoms with E-state index in [1.54, 1.807) is 0 Å². The lowest BCUT2D eigenvalue weighted by Gasteiger charge is -2.09. The molecule has 0 aromatic heterocycles. The molecule has 0 heterocycles. The first-order chi connectivity index (χ1) is 9.68. The lowest BCUT2D eigenvalue weighted by atomic mass is 10.0. The number of rotatable bonds is 10. The van der Waals surface area contributed by atoms with Crippen LogP contribution in [0.25, 0.3) is 0 Å². The number of carbonyl (C=O) groups is 1. The molecule has 0 saturated heterocycles. The molecule has 0 aliphatic rings. The number of unbranched alkanes of at least 4 members (excludes halogenated alkanes) is 5. The van der Waals surface area contributed by atoms with E-state index in [1.165, 1.54) is 44.1 Å². The predicted octanol–water partition coefficient (Wildman–Crippen LogP) is 5.04. The van der Waals surface area contributed by atoms with Crippen LogP contribution >= 0.6 is 0 Å². The molecular weight excluding hydrogens is 252 g/mol. The van der Waals surface area contributed by atoms with Crippen LogP contribution in [0.5, 0.6) is 0 Å². The summed E-state index contributed by atoms with van der Waals surface area (Å²) in [5.74, 6) is 0. The van der Waals surface area contributed by atoms with Crippen molar-refractivity contribution in [3.05, 3.63) is 35.9 Å². The van der Waals surface area contributed by atoms with E-state index >= 15 is 0 Å².